The monoisotopic (exact) mass is 288 g/mol. The molecule has 0 fully saturated rings. The first-order chi connectivity index (χ1) is 9.69. The number of nitrogens with one attached hydrogen (secondary N) is 2. The standard InChI is InChI=1S/C16H20N2OS/c1-3-13-6-8-14(9-7-13)12(2)18-16(20)17-11-15-5-4-10-19-15/h4-10,12H,3,11H2,1-2H3,(H2,17,18,20). The molecule has 106 valence electrons. The van der Waals surface area contributed by atoms with Crippen LogP contribution in [0.4, 0.5) is 0 Å². The summed E-state index contributed by atoms with van der Waals surface area (Å²) in [6.45, 7) is 4.85. The zero-order valence-corrected chi connectivity index (χ0v) is 12.7. The number of aryl methyl sites for hydroxylation is 1. The van der Waals surface area contributed by atoms with E-state index >= 15 is 0 Å². The zero-order valence-electron chi connectivity index (χ0n) is 11.8. The molecule has 0 radical (unpaired) electrons. The van der Waals surface area contributed by atoms with Crippen molar-refractivity contribution in [2.45, 2.75) is 32.9 Å². The molecule has 2 aromatic rings. The Labute approximate surface area is 125 Å². The van der Waals surface area contributed by atoms with Crippen LogP contribution in [0.15, 0.2) is 47.1 Å². The molecule has 4 heteroatoms. The molecule has 20 heavy (non-hydrogen) atoms. The molecular formula is C16H20N2OS. The summed E-state index contributed by atoms with van der Waals surface area (Å²) >= 11 is 5.29. The quantitative estimate of drug-likeness (QED) is 0.825. The van der Waals surface area contributed by atoms with Crippen LogP contribution >= 0.6 is 12.2 Å². The van der Waals surface area contributed by atoms with Crippen molar-refractivity contribution in [3.8, 4) is 0 Å². The van der Waals surface area contributed by atoms with Gasteiger partial charge in [0.25, 0.3) is 0 Å². The topological polar surface area (TPSA) is 37.2 Å². The largest absolute Gasteiger partial charge is 0.467 e. The number of benzene rings is 1. The summed E-state index contributed by atoms with van der Waals surface area (Å²) in [4.78, 5) is 0. The highest BCUT2D eigenvalue weighted by Crippen LogP contribution is 2.13. The predicted molar refractivity (Wildman–Crippen MR) is 85.5 cm³/mol. The van der Waals surface area contributed by atoms with Crippen LogP contribution in [0.3, 0.4) is 0 Å². The van der Waals surface area contributed by atoms with E-state index in [9.17, 15) is 0 Å². The van der Waals surface area contributed by atoms with Crippen LogP contribution in [-0.2, 0) is 13.0 Å². The van der Waals surface area contributed by atoms with Gasteiger partial charge in [-0.15, -0.1) is 0 Å². The Bertz CT molecular complexity index is 534. The second kappa shape index (κ2) is 7.10. The SMILES string of the molecule is CCc1ccc(C(C)NC(=S)NCc2ccco2)cc1. The van der Waals surface area contributed by atoms with E-state index in [1.807, 2.05) is 12.1 Å². The van der Waals surface area contributed by atoms with Gasteiger partial charge in [-0.2, -0.15) is 0 Å². The molecule has 1 aromatic carbocycles. The lowest BCUT2D eigenvalue weighted by Crippen LogP contribution is -2.36. The van der Waals surface area contributed by atoms with Crippen LogP contribution in [0.1, 0.15) is 36.8 Å². The highest BCUT2D eigenvalue weighted by Gasteiger charge is 2.07. The van der Waals surface area contributed by atoms with Gasteiger partial charge in [-0.25, -0.2) is 0 Å². The second-order valence-electron chi connectivity index (χ2n) is 4.72. The van der Waals surface area contributed by atoms with Gasteiger partial charge in [0.15, 0.2) is 5.11 Å². The molecule has 0 amide bonds. The van der Waals surface area contributed by atoms with Crippen molar-refractivity contribution >= 4 is 17.3 Å². The molecule has 0 saturated heterocycles. The lowest BCUT2D eigenvalue weighted by atomic mass is 10.1. The van der Waals surface area contributed by atoms with E-state index in [0.29, 0.717) is 11.7 Å². The van der Waals surface area contributed by atoms with Crippen molar-refractivity contribution in [3.05, 3.63) is 59.5 Å². The number of furan rings is 1. The lowest BCUT2D eigenvalue weighted by molar-refractivity contribution is 0.501. The third-order valence-electron chi connectivity index (χ3n) is 3.24. The van der Waals surface area contributed by atoms with Crippen molar-refractivity contribution in [1.29, 1.82) is 0 Å². The Kier molecular flexibility index (Phi) is 5.18. The van der Waals surface area contributed by atoms with Gasteiger partial charge in [0.05, 0.1) is 18.8 Å². The normalized spacial score (nSPS) is 11.9. The molecule has 0 spiro atoms. The second-order valence-corrected chi connectivity index (χ2v) is 5.13. The summed E-state index contributed by atoms with van der Waals surface area (Å²) in [6, 6.07) is 12.6. The molecule has 1 atom stereocenters. The third kappa shape index (κ3) is 4.10. The number of hydrogen-bond donors (Lipinski definition) is 2. The average Bonchev–Trinajstić information content (AvgIpc) is 2.98. The van der Waals surface area contributed by atoms with Gasteiger partial charge in [-0.1, -0.05) is 31.2 Å². The van der Waals surface area contributed by atoms with E-state index in [1.54, 1.807) is 6.26 Å². The summed E-state index contributed by atoms with van der Waals surface area (Å²) in [5, 5.41) is 7.04. The van der Waals surface area contributed by atoms with Gasteiger partial charge < -0.3 is 15.1 Å². The summed E-state index contributed by atoms with van der Waals surface area (Å²) in [6.07, 6.45) is 2.72. The zero-order chi connectivity index (χ0) is 14.4. The Morgan fingerprint density at radius 2 is 2.00 bits per heavy atom. The molecule has 2 rings (SSSR count). The maximum atomic E-state index is 5.29. The van der Waals surface area contributed by atoms with Crippen molar-refractivity contribution in [2.75, 3.05) is 0 Å². The first-order valence-electron chi connectivity index (χ1n) is 6.84. The molecule has 1 heterocycles. The molecule has 2 N–H and O–H groups in total. The fourth-order valence-electron chi connectivity index (χ4n) is 1.95. The summed E-state index contributed by atoms with van der Waals surface area (Å²) in [7, 11) is 0. The lowest BCUT2D eigenvalue weighted by Gasteiger charge is -2.17. The maximum Gasteiger partial charge on any atom is 0.167 e. The van der Waals surface area contributed by atoms with E-state index in [-0.39, 0.29) is 6.04 Å². The summed E-state index contributed by atoms with van der Waals surface area (Å²) < 4.78 is 5.25. The van der Waals surface area contributed by atoms with Crippen molar-refractivity contribution in [3.63, 3.8) is 0 Å². The van der Waals surface area contributed by atoms with Gasteiger partial charge in [0, 0.05) is 0 Å². The van der Waals surface area contributed by atoms with Crippen LogP contribution in [0.25, 0.3) is 0 Å². The fraction of sp³-hybridized carbons (Fsp3) is 0.312. The van der Waals surface area contributed by atoms with Gasteiger partial charge in [0.1, 0.15) is 5.76 Å². The molecule has 0 bridgehead atoms. The molecule has 0 aliphatic rings. The van der Waals surface area contributed by atoms with Crippen molar-refractivity contribution in [2.24, 2.45) is 0 Å². The number of hydrogen-bond acceptors (Lipinski definition) is 2. The third-order valence-corrected chi connectivity index (χ3v) is 3.50. The minimum Gasteiger partial charge on any atom is -0.467 e. The first-order valence-corrected chi connectivity index (χ1v) is 7.25. The molecule has 0 aliphatic heterocycles. The number of thiocarbonyl (C=S) groups is 1. The van der Waals surface area contributed by atoms with Gasteiger partial charge in [0.2, 0.25) is 0 Å². The van der Waals surface area contributed by atoms with E-state index in [1.165, 1.54) is 11.1 Å². The van der Waals surface area contributed by atoms with Crippen LogP contribution < -0.4 is 10.6 Å². The molecule has 1 aromatic heterocycles. The van der Waals surface area contributed by atoms with Crippen LogP contribution in [0, 0.1) is 0 Å². The Hall–Kier alpha value is -1.81. The van der Waals surface area contributed by atoms with E-state index in [2.05, 4.69) is 48.7 Å². The smallest absolute Gasteiger partial charge is 0.167 e. The summed E-state index contributed by atoms with van der Waals surface area (Å²) in [5.41, 5.74) is 2.57. The van der Waals surface area contributed by atoms with E-state index in [0.717, 1.165) is 12.2 Å². The fourth-order valence-corrected chi connectivity index (χ4v) is 2.20. The van der Waals surface area contributed by atoms with Crippen molar-refractivity contribution in [1.82, 2.24) is 10.6 Å². The average molecular weight is 288 g/mol. The van der Waals surface area contributed by atoms with Crippen LogP contribution in [0.5, 0.6) is 0 Å². The molecule has 3 nitrogen and oxygen atoms in total. The first kappa shape index (κ1) is 14.6. The van der Waals surface area contributed by atoms with E-state index < -0.39 is 0 Å². The highest BCUT2D eigenvalue weighted by molar-refractivity contribution is 7.80. The van der Waals surface area contributed by atoms with E-state index in [4.69, 9.17) is 16.6 Å². The highest BCUT2D eigenvalue weighted by atomic mass is 32.1. The number of rotatable bonds is 5. The van der Waals surface area contributed by atoms with Gasteiger partial charge in [-0.3, -0.25) is 0 Å². The van der Waals surface area contributed by atoms with Crippen LogP contribution in [-0.4, -0.2) is 5.11 Å². The summed E-state index contributed by atoms with van der Waals surface area (Å²) in [5.74, 6) is 0.870. The molecule has 0 saturated carbocycles. The maximum absolute atomic E-state index is 5.29. The predicted octanol–water partition coefficient (Wildman–Crippen LogP) is 3.57. The minimum atomic E-state index is 0.178. The van der Waals surface area contributed by atoms with Crippen LogP contribution in [0.2, 0.25) is 0 Å². The Morgan fingerprint density at radius 1 is 1.25 bits per heavy atom. The van der Waals surface area contributed by atoms with Crippen molar-refractivity contribution < 1.29 is 4.42 Å². The molecule has 1 unspecified atom stereocenters. The molecular weight excluding hydrogens is 268 g/mol. The Morgan fingerprint density at radius 3 is 2.60 bits per heavy atom. The van der Waals surface area contributed by atoms with Gasteiger partial charge >= 0.3 is 0 Å². The molecule has 0 aliphatic carbocycles. The van der Waals surface area contributed by atoms with Gasteiger partial charge in [-0.05, 0) is 48.8 Å². The Balaban J connectivity index is 1.83. The minimum absolute atomic E-state index is 0.178.